The van der Waals surface area contributed by atoms with Gasteiger partial charge in [-0.2, -0.15) is 26.3 Å². The van der Waals surface area contributed by atoms with Gasteiger partial charge in [0.2, 0.25) is 11.8 Å². The monoisotopic (exact) mass is 591 g/mol. The molecule has 1 N–H and O–H groups in total. The fourth-order valence-electron chi connectivity index (χ4n) is 5.56. The second-order valence-corrected chi connectivity index (χ2v) is 10.3. The predicted molar refractivity (Wildman–Crippen MR) is 140 cm³/mol. The van der Waals surface area contributed by atoms with Crippen LogP contribution in [-0.4, -0.2) is 54.8 Å². The maximum Gasteiger partial charge on any atom is 0.416 e. The lowest BCUT2D eigenvalue weighted by Crippen LogP contribution is -2.50. The van der Waals surface area contributed by atoms with Crippen LogP contribution in [0.5, 0.6) is 0 Å². The lowest BCUT2D eigenvalue weighted by atomic mass is 9.79. The van der Waals surface area contributed by atoms with E-state index < -0.39 is 35.9 Å². The molecule has 2 unspecified atom stereocenters. The molecule has 0 aromatic heterocycles. The van der Waals surface area contributed by atoms with Crippen molar-refractivity contribution in [2.75, 3.05) is 33.2 Å². The summed E-state index contributed by atoms with van der Waals surface area (Å²) in [4.78, 5) is 29.8. The molecule has 2 amide bonds. The Morgan fingerprint density at radius 3 is 2.05 bits per heavy atom. The van der Waals surface area contributed by atoms with Crippen LogP contribution in [0.2, 0.25) is 0 Å². The van der Waals surface area contributed by atoms with Crippen molar-refractivity contribution in [3.8, 4) is 0 Å². The van der Waals surface area contributed by atoms with Gasteiger partial charge in [-0.1, -0.05) is 30.3 Å². The number of hydrogen-bond acceptors (Lipinski definition) is 3. The summed E-state index contributed by atoms with van der Waals surface area (Å²) in [5.41, 5.74) is -2.24. The van der Waals surface area contributed by atoms with Crippen molar-refractivity contribution in [3.63, 3.8) is 0 Å². The smallest absolute Gasteiger partial charge is 0.342 e. The summed E-state index contributed by atoms with van der Waals surface area (Å²) >= 11 is 0. The molecule has 4 rings (SSSR count). The van der Waals surface area contributed by atoms with Gasteiger partial charge in [0, 0.05) is 44.4 Å². The number of halogens is 7. The Balaban J connectivity index is 0.00000441. The van der Waals surface area contributed by atoms with Crippen LogP contribution in [0.4, 0.5) is 26.3 Å². The second kappa shape index (κ2) is 12.8. The zero-order chi connectivity index (χ0) is 28.4. The lowest BCUT2D eigenvalue weighted by Gasteiger charge is -2.41. The quantitative estimate of drug-likeness (QED) is 0.452. The number of piperidine rings is 2. The number of alkyl halides is 6. The van der Waals surface area contributed by atoms with Gasteiger partial charge < -0.3 is 15.1 Å². The Kier molecular flexibility index (Phi) is 10.2. The van der Waals surface area contributed by atoms with E-state index in [2.05, 4.69) is 5.32 Å². The minimum absolute atomic E-state index is 0. The van der Waals surface area contributed by atoms with Crippen molar-refractivity contribution >= 4 is 24.2 Å². The molecule has 0 aliphatic carbocycles. The number of hydrogen-bond donors (Lipinski definition) is 1. The van der Waals surface area contributed by atoms with Crippen molar-refractivity contribution in [1.82, 2.24) is 15.1 Å². The topological polar surface area (TPSA) is 52.7 Å². The first-order valence-corrected chi connectivity index (χ1v) is 12.9. The van der Waals surface area contributed by atoms with E-state index in [1.165, 1.54) is 11.9 Å². The van der Waals surface area contributed by atoms with Gasteiger partial charge in [-0.15, -0.1) is 12.4 Å². The van der Waals surface area contributed by atoms with Crippen LogP contribution in [-0.2, 0) is 28.5 Å². The number of rotatable bonds is 5. The van der Waals surface area contributed by atoms with Crippen LogP contribution >= 0.6 is 12.4 Å². The largest absolute Gasteiger partial charge is 0.416 e. The summed E-state index contributed by atoms with van der Waals surface area (Å²) in [5, 5.41) is 3.24. The lowest BCUT2D eigenvalue weighted by molar-refractivity contribution is -0.144. The molecule has 40 heavy (non-hydrogen) atoms. The maximum absolute atomic E-state index is 13.6. The molecule has 5 nitrogen and oxygen atoms in total. The Labute approximate surface area is 235 Å². The molecule has 2 atom stereocenters. The molecule has 2 aromatic rings. The Bertz CT molecular complexity index is 1140. The van der Waals surface area contributed by atoms with Crippen LogP contribution in [0.1, 0.15) is 47.4 Å². The van der Waals surface area contributed by atoms with Gasteiger partial charge in [0.15, 0.2) is 0 Å². The minimum atomic E-state index is -4.97. The number of nitrogens with zero attached hydrogens (tertiary/aromatic N) is 2. The van der Waals surface area contributed by atoms with E-state index in [0.29, 0.717) is 31.6 Å². The summed E-state index contributed by atoms with van der Waals surface area (Å²) in [6.45, 7) is 1.80. The fourth-order valence-corrected chi connectivity index (χ4v) is 5.56. The molecule has 0 saturated carbocycles. The third-order valence-electron chi connectivity index (χ3n) is 7.60. The van der Waals surface area contributed by atoms with Gasteiger partial charge in [0.25, 0.3) is 0 Å². The number of amides is 2. The molecule has 220 valence electrons. The average Bonchev–Trinajstić information content (AvgIpc) is 2.91. The predicted octanol–water partition coefficient (Wildman–Crippen LogP) is 5.74. The molecule has 2 saturated heterocycles. The highest BCUT2D eigenvalue weighted by molar-refractivity contribution is 5.85. The molecule has 2 heterocycles. The number of carbonyl (C=O) groups excluding carboxylic acids is 2. The second-order valence-electron chi connectivity index (χ2n) is 10.3. The maximum atomic E-state index is 13.6. The SMILES string of the molecule is CN(Cc1cc(C(F)(F)F)cc(C(F)(F)F)c1)C(=O)C1CCN(C(=O)C2CCNCC2)CC1c1ccccc1.Cl. The Morgan fingerprint density at radius 1 is 0.925 bits per heavy atom. The van der Waals surface area contributed by atoms with Gasteiger partial charge in [-0.25, -0.2) is 0 Å². The summed E-state index contributed by atoms with van der Waals surface area (Å²) in [5.74, 6) is -1.35. The van der Waals surface area contributed by atoms with Crippen LogP contribution in [0.15, 0.2) is 48.5 Å². The van der Waals surface area contributed by atoms with Crippen molar-refractivity contribution in [2.24, 2.45) is 11.8 Å². The number of carbonyl (C=O) groups is 2. The standard InChI is InChI=1S/C28H31F6N3O2.ClH/c1-36(16-18-13-21(27(29,30)31)15-22(14-18)28(32,33)34)26(39)23-9-12-37(25(38)20-7-10-35-11-8-20)17-24(23)19-5-3-2-4-6-19;/h2-6,13-15,20,23-24,35H,7-12,16-17H2,1H3;1H. The summed E-state index contributed by atoms with van der Waals surface area (Å²) in [7, 11) is 1.38. The van der Waals surface area contributed by atoms with Crippen molar-refractivity contribution in [2.45, 2.75) is 44.1 Å². The molecule has 2 aromatic carbocycles. The van der Waals surface area contributed by atoms with Gasteiger partial charge in [0.1, 0.15) is 0 Å². The van der Waals surface area contributed by atoms with E-state index in [-0.39, 0.29) is 47.7 Å². The van der Waals surface area contributed by atoms with Gasteiger partial charge in [0.05, 0.1) is 11.1 Å². The first kappa shape index (κ1) is 31.7. The first-order valence-electron chi connectivity index (χ1n) is 12.9. The molecule has 12 heteroatoms. The van der Waals surface area contributed by atoms with Gasteiger partial charge in [-0.05, 0) is 61.7 Å². The third-order valence-corrected chi connectivity index (χ3v) is 7.60. The average molecular weight is 592 g/mol. The van der Waals surface area contributed by atoms with E-state index in [0.717, 1.165) is 31.5 Å². The summed E-state index contributed by atoms with van der Waals surface area (Å²) in [6, 6.07) is 10.6. The van der Waals surface area contributed by atoms with Crippen LogP contribution in [0.25, 0.3) is 0 Å². The minimum Gasteiger partial charge on any atom is -0.342 e. The van der Waals surface area contributed by atoms with E-state index in [1.54, 1.807) is 4.90 Å². The highest BCUT2D eigenvalue weighted by atomic mass is 35.5. The van der Waals surface area contributed by atoms with E-state index in [9.17, 15) is 35.9 Å². The first-order chi connectivity index (χ1) is 18.3. The van der Waals surface area contributed by atoms with Crippen LogP contribution in [0, 0.1) is 11.8 Å². The summed E-state index contributed by atoms with van der Waals surface area (Å²) < 4.78 is 79.9. The van der Waals surface area contributed by atoms with Crippen molar-refractivity contribution in [3.05, 3.63) is 70.8 Å². The molecule has 2 fully saturated rings. The molecular weight excluding hydrogens is 560 g/mol. The zero-order valence-corrected chi connectivity index (χ0v) is 22.7. The third kappa shape index (κ3) is 7.48. The molecule has 2 aliphatic rings. The fraction of sp³-hybridized carbons (Fsp3) is 0.500. The molecular formula is C28H32ClF6N3O2. The van der Waals surface area contributed by atoms with Crippen molar-refractivity contribution in [1.29, 1.82) is 0 Å². The highest BCUT2D eigenvalue weighted by Crippen LogP contribution is 2.38. The van der Waals surface area contributed by atoms with Gasteiger partial charge >= 0.3 is 12.4 Å². The molecule has 0 spiro atoms. The summed E-state index contributed by atoms with van der Waals surface area (Å²) in [6.07, 6.45) is -8.11. The van der Waals surface area contributed by atoms with E-state index in [1.807, 2.05) is 30.3 Å². The Morgan fingerprint density at radius 2 is 1.50 bits per heavy atom. The zero-order valence-electron chi connectivity index (χ0n) is 21.9. The highest BCUT2D eigenvalue weighted by Gasteiger charge is 2.40. The number of benzene rings is 2. The van der Waals surface area contributed by atoms with E-state index >= 15 is 0 Å². The number of nitrogens with one attached hydrogen (secondary N) is 1. The van der Waals surface area contributed by atoms with Crippen LogP contribution < -0.4 is 5.32 Å². The van der Waals surface area contributed by atoms with Gasteiger partial charge in [-0.3, -0.25) is 9.59 Å². The molecule has 0 bridgehead atoms. The van der Waals surface area contributed by atoms with Crippen LogP contribution in [0.3, 0.4) is 0 Å². The molecule has 0 radical (unpaired) electrons. The van der Waals surface area contributed by atoms with E-state index in [4.69, 9.17) is 0 Å². The molecule has 2 aliphatic heterocycles. The normalized spacial score (nSPS) is 20.5. The Hall–Kier alpha value is -2.79. The number of likely N-dealkylation sites (tertiary alicyclic amines) is 1. The van der Waals surface area contributed by atoms with Crippen molar-refractivity contribution < 1.29 is 35.9 Å².